The van der Waals surface area contributed by atoms with Crippen LogP contribution in [0.25, 0.3) is 33.0 Å². The predicted octanol–water partition coefficient (Wildman–Crippen LogP) is 5.36. The molecule has 0 unspecified atom stereocenters. The van der Waals surface area contributed by atoms with Gasteiger partial charge in [-0.05, 0) is 52.0 Å². The van der Waals surface area contributed by atoms with Gasteiger partial charge in [0.15, 0.2) is 76.3 Å². The number of aliphatic hydroxyl groups excluding tert-OH is 2. The molecule has 380 valence electrons. The molecule has 28 heteroatoms. The molecule has 72 heavy (non-hydrogen) atoms. The van der Waals surface area contributed by atoms with Crippen molar-refractivity contribution in [3.05, 3.63) is 118 Å². The first-order valence-electron chi connectivity index (χ1n) is 21.2. The summed E-state index contributed by atoms with van der Waals surface area (Å²) in [6.45, 7) is 6.30. The second-order valence-corrected chi connectivity index (χ2v) is 22.0. The van der Waals surface area contributed by atoms with E-state index in [0.29, 0.717) is 56.0 Å². The Hall–Kier alpha value is -6.98. The first-order chi connectivity index (χ1) is 34.3. The number of methoxy groups -OCH3 is 4. The van der Waals surface area contributed by atoms with Gasteiger partial charge in [-0.15, -0.1) is 43.1 Å². The molecule has 0 amide bonds. The van der Waals surface area contributed by atoms with Crippen LogP contribution < -0.4 is 18.9 Å². The summed E-state index contributed by atoms with van der Waals surface area (Å²) < 4.78 is 105. The third kappa shape index (κ3) is 11.2. The topological polar surface area (TPSA) is 284 Å². The van der Waals surface area contributed by atoms with Gasteiger partial charge in [0.05, 0.1) is 63.7 Å². The van der Waals surface area contributed by atoms with Gasteiger partial charge in [-0.25, -0.2) is 55.5 Å². The first-order valence-corrected chi connectivity index (χ1v) is 26.4. The van der Waals surface area contributed by atoms with E-state index in [-0.39, 0.29) is 23.3 Å². The van der Waals surface area contributed by atoms with Crippen LogP contribution in [0.15, 0.2) is 71.9 Å². The summed E-state index contributed by atoms with van der Waals surface area (Å²) in [5.74, 6) is -0.702. The molecular formula is C44H46F2N12O10S4. The number of aromatic nitrogens is 12. The van der Waals surface area contributed by atoms with Crippen molar-refractivity contribution in [3.63, 3.8) is 0 Å². The average Bonchev–Trinajstić information content (AvgIpc) is 4.20. The molecule has 0 aliphatic heterocycles. The molecule has 0 aliphatic rings. The van der Waals surface area contributed by atoms with E-state index in [1.807, 2.05) is 24.6 Å². The summed E-state index contributed by atoms with van der Waals surface area (Å²) in [7, 11) is -2.18. The average molecular weight is 1070 g/mol. The van der Waals surface area contributed by atoms with E-state index in [1.165, 1.54) is 74.1 Å². The number of aliphatic hydroxyl groups is 2. The third-order valence-corrected chi connectivity index (χ3v) is 16.8. The molecular weight excluding hydrogens is 1020 g/mol. The van der Waals surface area contributed by atoms with E-state index >= 15 is 0 Å². The molecule has 0 bridgehead atoms. The maximum atomic E-state index is 13.4. The second-order valence-electron chi connectivity index (χ2n) is 15.6. The Morgan fingerprint density at radius 3 is 1.17 bits per heavy atom. The van der Waals surface area contributed by atoms with Gasteiger partial charge in [-0.3, -0.25) is 9.13 Å². The number of rotatable bonds is 18. The largest absolute Gasteiger partial charge is 0.494 e. The highest BCUT2D eigenvalue weighted by molar-refractivity contribution is 7.91. The number of aryl methyl sites for hydroxylation is 2. The summed E-state index contributed by atoms with van der Waals surface area (Å²) in [6.07, 6.45) is 0.258. The molecule has 0 saturated heterocycles. The van der Waals surface area contributed by atoms with Crippen LogP contribution in [0.4, 0.5) is 8.78 Å². The van der Waals surface area contributed by atoms with Crippen LogP contribution in [0, 0.1) is 25.5 Å². The van der Waals surface area contributed by atoms with Crippen LogP contribution >= 0.6 is 22.7 Å². The fourth-order valence-corrected chi connectivity index (χ4v) is 11.2. The van der Waals surface area contributed by atoms with Crippen molar-refractivity contribution in [1.29, 1.82) is 0 Å². The SMILES string of the molecule is COc1cccc(OC)c1-n1c(CS(=O)(=O)[C@@H](C)[C@@H](O)c2ncc(F)cn2)nnc1-c1nc(C)cs1.COc1cccc(OC)c1-n1c(CS(=O)(=O)[C@H](C)[C@H](O)c2ncc(F)cn2)nnc1-c1nc(C)cs1. The minimum absolute atomic E-state index is 0.0553. The fraction of sp³-hybridized carbons (Fsp3) is 0.318. The maximum Gasteiger partial charge on any atom is 0.197 e. The summed E-state index contributed by atoms with van der Waals surface area (Å²) in [4.78, 5) is 23.8. The summed E-state index contributed by atoms with van der Waals surface area (Å²) in [6, 6.07) is 10.3. The lowest BCUT2D eigenvalue weighted by atomic mass is 10.2. The van der Waals surface area contributed by atoms with Crippen LogP contribution in [0.1, 0.15) is 60.7 Å². The summed E-state index contributed by atoms with van der Waals surface area (Å²) >= 11 is 2.65. The van der Waals surface area contributed by atoms with Crippen molar-refractivity contribution < 1.29 is 54.8 Å². The van der Waals surface area contributed by atoms with Crippen molar-refractivity contribution in [1.82, 2.24) is 59.4 Å². The minimum atomic E-state index is -4.05. The molecule has 0 radical (unpaired) electrons. The van der Waals surface area contributed by atoms with Crippen molar-refractivity contribution >= 4 is 42.3 Å². The normalized spacial score (nSPS) is 13.4. The number of sulfone groups is 2. The highest BCUT2D eigenvalue weighted by Gasteiger charge is 2.36. The van der Waals surface area contributed by atoms with E-state index in [2.05, 4.69) is 50.3 Å². The quantitative estimate of drug-likeness (QED) is 0.109. The fourth-order valence-electron chi connectivity index (χ4n) is 6.97. The van der Waals surface area contributed by atoms with E-state index in [0.717, 1.165) is 36.2 Å². The lowest BCUT2D eigenvalue weighted by Gasteiger charge is -2.19. The van der Waals surface area contributed by atoms with Gasteiger partial charge in [0, 0.05) is 22.1 Å². The van der Waals surface area contributed by atoms with Crippen LogP contribution in [0.2, 0.25) is 0 Å². The smallest absolute Gasteiger partial charge is 0.197 e. The molecule has 22 nitrogen and oxygen atoms in total. The Kier molecular flexibility index (Phi) is 16.3. The number of hydrogen-bond donors (Lipinski definition) is 2. The van der Waals surface area contributed by atoms with Crippen LogP contribution in [0.5, 0.6) is 23.0 Å². The molecule has 2 N–H and O–H groups in total. The van der Waals surface area contributed by atoms with Crippen molar-refractivity contribution in [2.24, 2.45) is 0 Å². The van der Waals surface area contributed by atoms with Crippen molar-refractivity contribution in [2.45, 2.75) is 61.9 Å². The maximum absolute atomic E-state index is 13.4. The molecule has 6 aromatic heterocycles. The number of hydrogen-bond acceptors (Lipinski definition) is 22. The number of ether oxygens (including phenoxy) is 4. The summed E-state index contributed by atoms with van der Waals surface area (Å²) in [5, 5.41) is 40.1. The first kappa shape index (κ1) is 52.8. The number of nitrogens with zero attached hydrogens (tertiary/aromatic N) is 12. The van der Waals surface area contributed by atoms with Gasteiger partial charge in [0.2, 0.25) is 0 Å². The number of para-hydroxylation sites is 2. The number of thiazole rings is 2. The highest BCUT2D eigenvalue weighted by atomic mass is 32.2. The minimum Gasteiger partial charge on any atom is -0.494 e. The Labute approximate surface area is 419 Å². The third-order valence-electron chi connectivity index (χ3n) is 10.8. The standard InChI is InChI=1S/2C22H23FN6O5S2/c2*1-12-10-35-22(26-12)21-28-27-17(29(21)18-15(33-3)6-5-7-16(18)34-4)11-36(31,32)13(2)19(30)20-24-8-14(23)9-25-20/h2*5-10,13,19,30H,11H2,1-4H3/t2*13-,19+/m10/s1. The molecule has 4 atom stereocenters. The molecule has 0 aliphatic carbocycles. The highest BCUT2D eigenvalue weighted by Crippen LogP contribution is 2.39. The molecule has 8 aromatic rings. The van der Waals surface area contributed by atoms with Crippen LogP contribution in [-0.4, -0.2) is 125 Å². The second kappa shape index (κ2) is 22.2. The van der Waals surface area contributed by atoms with E-state index in [1.54, 1.807) is 36.4 Å². The lowest BCUT2D eigenvalue weighted by molar-refractivity contribution is 0.165. The molecule has 8 rings (SSSR count). The number of halogens is 2. The van der Waals surface area contributed by atoms with Gasteiger partial charge in [-0.1, -0.05) is 12.1 Å². The van der Waals surface area contributed by atoms with Crippen LogP contribution in [-0.2, 0) is 31.2 Å². The number of benzene rings is 2. The zero-order chi connectivity index (χ0) is 52.1. The molecule has 2 aromatic carbocycles. The zero-order valence-electron chi connectivity index (χ0n) is 39.6. The Balaban J connectivity index is 0.000000211. The van der Waals surface area contributed by atoms with Crippen LogP contribution in [0.3, 0.4) is 0 Å². The van der Waals surface area contributed by atoms with Gasteiger partial charge in [0.25, 0.3) is 0 Å². The van der Waals surface area contributed by atoms with Crippen molar-refractivity contribution in [3.8, 4) is 56.0 Å². The monoisotopic (exact) mass is 1070 g/mol. The van der Waals surface area contributed by atoms with Gasteiger partial charge >= 0.3 is 0 Å². The summed E-state index contributed by atoms with van der Waals surface area (Å²) in [5.41, 5.74) is 2.33. The zero-order valence-corrected chi connectivity index (χ0v) is 42.8. The molecule has 0 saturated carbocycles. The van der Waals surface area contributed by atoms with E-state index in [4.69, 9.17) is 18.9 Å². The Morgan fingerprint density at radius 2 is 0.889 bits per heavy atom. The van der Waals surface area contributed by atoms with Crippen molar-refractivity contribution in [2.75, 3.05) is 28.4 Å². The predicted molar refractivity (Wildman–Crippen MR) is 259 cm³/mol. The Bertz CT molecular complexity index is 3120. The van der Waals surface area contributed by atoms with Gasteiger partial charge in [0.1, 0.15) is 58.1 Å². The van der Waals surface area contributed by atoms with Gasteiger partial charge in [-0.2, -0.15) is 0 Å². The Morgan fingerprint density at radius 1 is 0.569 bits per heavy atom. The molecule has 0 fully saturated rings. The molecule has 6 heterocycles. The van der Waals surface area contributed by atoms with E-state index < -0.39 is 65.5 Å². The van der Waals surface area contributed by atoms with Gasteiger partial charge < -0.3 is 29.2 Å². The lowest BCUT2D eigenvalue weighted by Crippen LogP contribution is -2.29. The van der Waals surface area contributed by atoms with E-state index in [9.17, 15) is 35.8 Å². The molecule has 0 spiro atoms.